The standard InChI is InChI=1S/C14H22N6O7/c1-6(21)10(13(23)24)18-14(25)17-7(4-9(15)22)12-19-11(20-27-12)8-5-26-3-2-16-8/h6-8,10,16,21H,2-5H2,1H3,(H2,15,22)(H,23,24)(H2,17,18,25)/t6?,7-,8?,10?/m0/s1. The van der Waals surface area contributed by atoms with Gasteiger partial charge in [0.2, 0.25) is 11.8 Å². The summed E-state index contributed by atoms with van der Waals surface area (Å²) >= 11 is 0. The number of aliphatic hydroxyl groups is 1. The molecule has 150 valence electrons. The Hall–Kier alpha value is -2.77. The van der Waals surface area contributed by atoms with E-state index < -0.39 is 36.1 Å². The molecule has 3 amide bonds. The Balaban J connectivity index is 2.08. The lowest BCUT2D eigenvalue weighted by molar-refractivity contribution is -0.141. The molecule has 1 aliphatic rings. The molecule has 13 nitrogen and oxygen atoms in total. The molecule has 0 radical (unpaired) electrons. The van der Waals surface area contributed by atoms with Crippen LogP contribution in [-0.4, -0.2) is 70.2 Å². The second kappa shape index (κ2) is 9.25. The van der Waals surface area contributed by atoms with Crippen LogP contribution < -0.4 is 21.7 Å². The highest BCUT2D eigenvalue weighted by Gasteiger charge is 2.29. The lowest BCUT2D eigenvalue weighted by Crippen LogP contribution is -2.52. The van der Waals surface area contributed by atoms with Crippen molar-refractivity contribution in [2.75, 3.05) is 19.8 Å². The molecule has 2 heterocycles. The lowest BCUT2D eigenvalue weighted by Gasteiger charge is -2.21. The molecular formula is C14H22N6O7. The van der Waals surface area contributed by atoms with Crippen LogP contribution in [0.3, 0.4) is 0 Å². The number of carboxylic acids is 1. The Morgan fingerprint density at radius 3 is 2.70 bits per heavy atom. The van der Waals surface area contributed by atoms with Crippen LogP contribution in [0, 0.1) is 0 Å². The zero-order chi connectivity index (χ0) is 20.0. The monoisotopic (exact) mass is 386 g/mol. The van der Waals surface area contributed by atoms with Crippen molar-refractivity contribution < 1.29 is 33.9 Å². The SMILES string of the molecule is CC(O)C(NC(=O)N[C@@H](CC(N)=O)c1nc(C2COCCN2)no1)C(=O)O. The summed E-state index contributed by atoms with van der Waals surface area (Å²) in [4.78, 5) is 38.6. The second-order valence-corrected chi connectivity index (χ2v) is 5.97. The van der Waals surface area contributed by atoms with Gasteiger partial charge in [0.25, 0.3) is 0 Å². The smallest absolute Gasteiger partial charge is 0.328 e. The van der Waals surface area contributed by atoms with Crippen LogP contribution in [0.25, 0.3) is 0 Å². The number of amides is 3. The molecule has 27 heavy (non-hydrogen) atoms. The Labute approximate surface area is 153 Å². The Bertz CT molecular complexity index is 673. The van der Waals surface area contributed by atoms with E-state index in [1.807, 2.05) is 0 Å². The van der Waals surface area contributed by atoms with Gasteiger partial charge in [-0.3, -0.25) is 4.79 Å². The summed E-state index contributed by atoms with van der Waals surface area (Å²) < 4.78 is 10.4. The summed E-state index contributed by atoms with van der Waals surface area (Å²) in [6.45, 7) is 2.71. The van der Waals surface area contributed by atoms with Gasteiger partial charge < -0.3 is 41.2 Å². The molecule has 1 aromatic heterocycles. The molecule has 2 rings (SSSR count). The molecule has 0 spiro atoms. The molecule has 13 heteroatoms. The van der Waals surface area contributed by atoms with Crippen LogP contribution >= 0.6 is 0 Å². The second-order valence-electron chi connectivity index (χ2n) is 5.97. The summed E-state index contributed by atoms with van der Waals surface area (Å²) in [7, 11) is 0. The van der Waals surface area contributed by atoms with Crippen molar-refractivity contribution in [2.45, 2.75) is 37.6 Å². The van der Waals surface area contributed by atoms with Crippen molar-refractivity contribution in [3.05, 3.63) is 11.7 Å². The molecule has 0 aliphatic carbocycles. The third-order valence-corrected chi connectivity index (χ3v) is 3.73. The molecule has 7 N–H and O–H groups in total. The van der Waals surface area contributed by atoms with Gasteiger partial charge >= 0.3 is 12.0 Å². The average molecular weight is 386 g/mol. The van der Waals surface area contributed by atoms with Crippen molar-refractivity contribution in [2.24, 2.45) is 5.73 Å². The zero-order valence-electron chi connectivity index (χ0n) is 14.5. The molecular weight excluding hydrogens is 364 g/mol. The summed E-state index contributed by atoms with van der Waals surface area (Å²) in [6, 6.07) is -3.86. The number of nitrogens with one attached hydrogen (secondary N) is 3. The van der Waals surface area contributed by atoms with Gasteiger partial charge in [0, 0.05) is 6.54 Å². The van der Waals surface area contributed by atoms with Gasteiger partial charge in [-0.1, -0.05) is 5.16 Å². The van der Waals surface area contributed by atoms with E-state index in [-0.39, 0.29) is 24.2 Å². The first-order chi connectivity index (χ1) is 12.8. The molecule has 0 aromatic carbocycles. The Kier molecular flexibility index (Phi) is 7.04. The number of hydrogen-bond donors (Lipinski definition) is 6. The minimum atomic E-state index is -1.54. The number of urea groups is 1. The topological polar surface area (TPSA) is 202 Å². The van der Waals surface area contributed by atoms with E-state index in [0.29, 0.717) is 19.8 Å². The van der Waals surface area contributed by atoms with Crippen LogP contribution in [0.15, 0.2) is 4.52 Å². The molecule has 1 aromatic rings. The number of hydrogen-bond acceptors (Lipinski definition) is 9. The van der Waals surface area contributed by atoms with Crippen LogP contribution in [0.2, 0.25) is 0 Å². The number of aliphatic carboxylic acids is 1. The number of carboxylic acid groups (broad SMARTS) is 1. The number of aromatic nitrogens is 2. The van der Waals surface area contributed by atoms with Crippen molar-refractivity contribution in [1.29, 1.82) is 0 Å². The van der Waals surface area contributed by atoms with Gasteiger partial charge in [-0.15, -0.1) is 0 Å². The molecule has 4 atom stereocenters. The number of nitrogens with two attached hydrogens (primary N) is 1. The predicted molar refractivity (Wildman–Crippen MR) is 87.2 cm³/mol. The van der Waals surface area contributed by atoms with Crippen molar-refractivity contribution in [3.63, 3.8) is 0 Å². The highest BCUT2D eigenvalue weighted by Crippen LogP contribution is 2.18. The zero-order valence-corrected chi connectivity index (χ0v) is 14.5. The molecule has 1 fully saturated rings. The van der Waals surface area contributed by atoms with E-state index in [4.69, 9.17) is 20.1 Å². The predicted octanol–water partition coefficient (Wildman–Crippen LogP) is -2.22. The molecule has 3 unspecified atom stereocenters. The van der Waals surface area contributed by atoms with Gasteiger partial charge in [-0.2, -0.15) is 4.98 Å². The van der Waals surface area contributed by atoms with E-state index in [9.17, 15) is 19.5 Å². The largest absolute Gasteiger partial charge is 0.480 e. The first-order valence-electron chi connectivity index (χ1n) is 8.18. The minimum absolute atomic E-state index is 0.0738. The molecule has 0 saturated carbocycles. The van der Waals surface area contributed by atoms with Crippen LogP contribution in [0.5, 0.6) is 0 Å². The van der Waals surface area contributed by atoms with Gasteiger partial charge in [0.1, 0.15) is 6.04 Å². The third kappa shape index (κ3) is 5.87. The number of carbonyl (C=O) groups excluding carboxylic acids is 2. The van der Waals surface area contributed by atoms with Gasteiger partial charge in [0.15, 0.2) is 11.9 Å². The summed E-state index contributed by atoms with van der Waals surface area (Å²) in [5.41, 5.74) is 5.19. The van der Waals surface area contributed by atoms with Crippen molar-refractivity contribution in [3.8, 4) is 0 Å². The maximum Gasteiger partial charge on any atom is 0.328 e. The van der Waals surface area contributed by atoms with Crippen LogP contribution in [0.1, 0.15) is 37.1 Å². The quantitative estimate of drug-likeness (QED) is 0.284. The van der Waals surface area contributed by atoms with Gasteiger partial charge in [-0.05, 0) is 6.92 Å². The van der Waals surface area contributed by atoms with Crippen molar-refractivity contribution in [1.82, 2.24) is 26.1 Å². The third-order valence-electron chi connectivity index (χ3n) is 3.73. The molecule has 1 saturated heterocycles. The number of aliphatic hydroxyl groups excluding tert-OH is 1. The highest BCUT2D eigenvalue weighted by molar-refractivity contribution is 5.83. The maximum atomic E-state index is 12.1. The van der Waals surface area contributed by atoms with Crippen LogP contribution in [0.4, 0.5) is 4.79 Å². The van der Waals surface area contributed by atoms with Gasteiger partial charge in [-0.25, -0.2) is 9.59 Å². The summed E-state index contributed by atoms with van der Waals surface area (Å²) in [5, 5.41) is 29.8. The van der Waals surface area contributed by atoms with E-state index in [1.165, 1.54) is 6.92 Å². The number of morpholine rings is 1. The van der Waals surface area contributed by atoms with Gasteiger partial charge in [0.05, 0.1) is 31.8 Å². The first-order valence-corrected chi connectivity index (χ1v) is 8.18. The number of carbonyl (C=O) groups is 3. The highest BCUT2D eigenvalue weighted by atomic mass is 16.5. The van der Waals surface area contributed by atoms with Crippen LogP contribution in [-0.2, 0) is 14.3 Å². The summed E-state index contributed by atoms with van der Waals surface area (Å²) in [6.07, 6.45) is -1.69. The number of nitrogens with zero attached hydrogens (tertiary/aromatic N) is 2. The Morgan fingerprint density at radius 1 is 1.41 bits per heavy atom. The van der Waals surface area contributed by atoms with Crippen molar-refractivity contribution >= 4 is 17.9 Å². The molecule has 0 bridgehead atoms. The van der Waals surface area contributed by atoms with E-state index >= 15 is 0 Å². The fraction of sp³-hybridized carbons (Fsp3) is 0.643. The number of ether oxygens (including phenoxy) is 1. The normalized spacial score (nSPS) is 20.3. The number of primary amides is 1. The lowest BCUT2D eigenvalue weighted by atomic mass is 10.2. The summed E-state index contributed by atoms with van der Waals surface area (Å²) in [5.74, 6) is -1.96. The first kappa shape index (κ1) is 20.5. The fourth-order valence-corrected chi connectivity index (χ4v) is 2.39. The Morgan fingerprint density at radius 2 is 2.15 bits per heavy atom. The maximum absolute atomic E-state index is 12.1. The molecule has 1 aliphatic heterocycles. The number of rotatable bonds is 8. The minimum Gasteiger partial charge on any atom is -0.480 e. The van der Waals surface area contributed by atoms with E-state index in [0.717, 1.165) is 0 Å². The van der Waals surface area contributed by atoms with E-state index in [1.54, 1.807) is 0 Å². The average Bonchev–Trinajstić information content (AvgIpc) is 3.09. The fourth-order valence-electron chi connectivity index (χ4n) is 2.39. The van der Waals surface area contributed by atoms with E-state index in [2.05, 4.69) is 26.1 Å².